The van der Waals surface area contributed by atoms with E-state index in [0.717, 1.165) is 0 Å². The van der Waals surface area contributed by atoms with Crippen LogP contribution >= 0.6 is 11.6 Å². The van der Waals surface area contributed by atoms with E-state index in [9.17, 15) is 14.4 Å². The Morgan fingerprint density at radius 3 is 2.00 bits per heavy atom. The lowest BCUT2D eigenvalue weighted by Crippen LogP contribution is -2.55. The minimum absolute atomic E-state index is 0.0255. The second-order valence-corrected chi connectivity index (χ2v) is 6.23. The number of alkyl halides is 1. The first-order valence-electron chi connectivity index (χ1n) is 7.54. The highest BCUT2D eigenvalue weighted by Crippen LogP contribution is 2.14. The van der Waals surface area contributed by atoms with Crippen molar-refractivity contribution in [3.05, 3.63) is 0 Å². The fourth-order valence-corrected chi connectivity index (χ4v) is 2.54. The quantitative estimate of drug-likeness (QED) is 0.644. The number of rotatable bonds is 9. The first-order chi connectivity index (χ1) is 10.2. The maximum absolute atomic E-state index is 12.6. The van der Waals surface area contributed by atoms with Crippen LogP contribution < -0.4 is 5.73 Å². The molecule has 0 bridgehead atoms. The molecule has 0 aromatic carbocycles. The van der Waals surface area contributed by atoms with E-state index in [-0.39, 0.29) is 23.6 Å². The van der Waals surface area contributed by atoms with Crippen LogP contribution in [-0.2, 0) is 14.4 Å². The number of nitrogens with two attached hydrogens (primary N) is 1. The van der Waals surface area contributed by atoms with Crippen molar-refractivity contribution in [3.8, 4) is 0 Å². The van der Waals surface area contributed by atoms with Gasteiger partial charge in [-0.1, -0.05) is 20.8 Å². The molecule has 0 fully saturated rings. The van der Waals surface area contributed by atoms with E-state index in [1.807, 2.05) is 20.8 Å². The van der Waals surface area contributed by atoms with Gasteiger partial charge in [-0.25, -0.2) is 0 Å². The van der Waals surface area contributed by atoms with Crippen LogP contribution in [0.4, 0.5) is 0 Å². The van der Waals surface area contributed by atoms with Crippen LogP contribution in [0.1, 0.15) is 40.0 Å². The molecule has 22 heavy (non-hydrogen) atoms. The van der Waals surface area contributed by atoms with Gasteiger partial charge in [-0.05, 0) is 18.8 Å². The highest BCUT2D eigenvalue weighted by molar-refractivity contribution is 6.20. The second kappa shape index (κ2) is 9.66. The van der Waals surface area contributed by atoms with Crippen molar-refractivity contribution in [2.75, 3.05) is 20.0 Å². The summed E-state index contributed by atoms with van der Waals surface area (Å²) in [7, 11) is 3.08. The van der Waals surface area contributed by atoms with Gasteiger partial charge in [-0.15, -0.1) is 11.6 Å². The number of hydrogen-bond donors (Lipinski definition) is 1. The predicted molar refractivity (Wildman–Crippen MR) is 87.4 cm³/mol. The molecule has 3 amide bonds. The van der Waals surface area contributed by atoms with Crippen LogP contribution in [0, 0.1) is 5.92 Å². The molecule has 0 aliphatic rings. The van der Waals surface area contributed by atoms with E-state index in [1.54, 1.807) is 7.05 Å². The molecule has 6 nitrogen and oxygen atoms in total. The predicted octanol–water partition coefficient (Wildman–Crippen LogP) is 1.21. The van der Waals surface area contributed by atoms with Crippen LogP contribution in [0.15, 0.2) is 0 Å². The normalized spacial score (nSPS) is 13.6. The SMILES string of the molecule is CCCC(=O)N(C)C(CCl)C(=O)N(C)[C@@H](CC(C)C)C(N)=O. The molecule has 2 atom stereocenters. The Morgan fingerprint density at radius 2 is 1.64 bits per heavy atom. The largest absolute Gasteiger partial charge is 0.368 e. The highest BCUT2D eigenvalue weighted by Gasteiger charge is 2.33. The summed E-state index contributed by atoms with van der Waals surface area (Å²) in [6.07, 6.45) is 1.52. The van der Waals surface area contributed by atoms with Gasteiger partial charge < -0.3 is 15.5 Å². The monoisotopic (exact) mass is 333 g/mol. The van der Waals surface area contributed by atoms with Crippen molar-refractivity contribution in [1.29, 1.82) is 0 Å². The smallest absolute Gasteiger partial charge is 0.247 e. The average Bonchev–Trinajstić information content (AvgIpc) is 2.44. The topological polar surface area (TPSA) is 83.7 Å². The number of nitrogens with zero attached hydrogens (tertiary/aromatic N) is 2. The molecule has 2 N–H and O–H groups in total. The highest BCUT2D eigenvalue weighted by atomic mass is 35.5. The fourth-order valence-electron chi connectivity index (χ4n) is 2.20. The Bertz CT molecular complexity index is 401. The maximum atomic E-state index is 12.6. The number of amides is 3. The number of carbonyl (C=O) groups excluding carboxylic acids is 3. The molecular weight excluding hydrogens is 306 g/mol. The lowest BCUT2D eigenvalue weighted by molar-refractivity contribution is -0.146. The van der Waals surface area contributed by atoms with Crippen molar-refractivity contribution in [1.82, 2.24) is 9.80 Å². The van der Waals surface area contributed by atoms with Crippen molar-refractivity contribution in [3.63, 3.8) is 0 Å². The molecule has 7 heteroatoms. The number of hydrogen-bond acceptors (Lipinski definition) is 3. The van der Waals surface area contributed by atoms with E-state index in [4.69, 9.17) is 17.3 Å². The van der Waals surface area contributed by atoms with E-state index < -0.39 is 18.0 Å². The Kier molecular flexibility index (Phi) is 9.09. The Hall–Kier alpha value is -1.30. The molecule has 0 aliphatic carbocycles. The average molecular weight is 334 g/mol. The van der Waals surface area contributed by atoms with Crippen LogP contribution in [-0.4, -0.2) is 59.6 Å². The van der Waals surface area contributed by atoms with Gasteiger partial charge in [0.15, 0.2) is 0 Å². The summed E-state index contributed by atoms with van der Waals surface area (Å²) in [4.78, 5) is 38.8. The van der Waals surface area contributed by atoms with Gasteiger partial charge in [-0.3, -0.25) is 14.4 Å². The first kappa shape index (κ1) is 20.7. The molecule has 0 saturated carbocycles. The molecule has 0 saturated heterocycles. The Balaban J connectivity index is 5.14. The molecule has 0 rings (SSSR count). The van der Waals surface area contributed by atoms with E-state index in [2.05, 4.69) is 0 Å². The third-order valence-corrected chi connectivity index (χ3v) is 3.89. The molecule has 128 valence electrons. The molecule has 0 aromatic rings. The standard InChI is InChI=1S/C15H28ClN3O3/c1-6-7-13(20)18(4)12(9-16)15(22)19(5)11(14(17)21)8-10(2)3/h10-12H,6-9H2,1-5H3,(H2,17,21)/t11-,12?/m0/s1. The van der Waals surface area contributed by atoms with Gasteiger partial charge in [0.1, 0.15) is 12.1 Å². The zero-order chi connectivity index (χ0) is 17.4. The van der Waals surface area contributed by atoms with Crippen molar-refractivity contribution >= 4 is 29.3 Å². The van der Waals surface area contributed by atoms with Gasteiger partial charge >= 0.3 is 0 Å². The number of likely N-dealkylation sites (N-methyl/N-ethyl adjacent to an activating group) is 2. The maximum Gasteiger partial charge on any atom is 0.247 e. The summed E-state index contributed by atoms with van der Waals surface area (Å²) in [6, 6.07) is -1.49. The second-order valence-electron chi connectivity index (χ2n) is 5.92. The first-order valence-corrected chi connectivity index (χ1v) is 8.08. The number of carbonyl (C=O) groups is 3. The van der Waals surface area contributed by atoms with Gasteiger partial charge in [0.2, 0.25) is 17.7 Å². The van der Waals surface area contributed by atoms with Gasteiger partial charge in [0.05, 0.1) is 5.88 Å². The Labute approximate surface area is 137 Å². The van der Waals surface area contributed by atoms with Gasteiger partial charge in [0.25, 0.3) is 0 Å². The zero-order valence-electron chi connectivity index (χ0n) is 14.1. The van der Waals surface area contributed by atoms with E-state index in [0.29, 0.717) is 19.3 Å². The minimum Gasteiger partial charge on any atom is -0.368 e. The molecular formula is C15H28ClN3O3. The minimum atomic E-state index is -0.792. The van der Waals surface area contributed by atoms with Crippen LogP contribution in [0.2, 0.25) is 0 Å². The van der Waals surface area contributed by atoms with Gasteiger partial charge in [0, 0.05) is 20.5 Å². The van der Waals surface area contributed by atoms with Crippen LogP contribution in [0.5, 0.6) is 0 Å². The Morgan fingerprint density at radius 1 is 1.09 bits per heavy atom. The summed E-state index contributed by atoms with van der Waals surface area (Å²) in [5.41, 5.74) is 5.40. The van der Waals surface area contributed by atoms with Crippen molar-refractivity contribution in [2.24, 2.45) is 11.7 Å². The lowest BCUT2D eigenvalue weighted by atomic mass is 10.0. The van der Waals surface area contributed by atoms with E-state index >= 15 is 0 Å². The third kappa shape index (κ3) is 5.83. The summed E-state index contributed by atoms with van der Waals surface area (Å²) < 4.78 is 0. The number of primary amides is 1. The number of halogens is 1. The molecule has 0 spiro atoms. The molecule has 0 radical (unpaired) electrons. The van der Waals surface area contributed by atoms with Gasteiger partial charge in [-0.2, -0.15) is 0 Å². The van der Waals surface area contributed by atoms with Crippen LogP contribution in [0.25, 0.3) is 0 Å². The fraction of sp³-hybridized carbons (Fsp3) is 0.800. The summed E-state index contributed by atoms with van der Waals surface area (Å²) in [5, 5.41) is 0. The molecule has 0 aromatic heterocycles. The van der Waals surface area contributed by atoms with Crippen LogP contribution in [0.3, 0.4) is 0 Å². The van der Waals surface area contributed by atoms with Crippen molar-refractivity contribution in [2.45, 2.75) is 52.1 Å². The molecule has 0 heterocycles. The lowest BCUT2D eigenvalue weighted by Gasteiger charge is -2.33. The zero-order valence-corrected chi connectivity index (χ0v) is 14.9. The molecule has 1 unspecified atom stereocenters. The summed E-state index contributed by atoms with van der Waals surface area (Å²) in [5.74, 6) is -0.884. The summed E-state index contributed by atoms with van der Waals surface area (Å²) in [6.45, 7) is 5.79. The third-order valence-electron chi connectivity index (χ3n) is 3.59. The molecule has 0 aliphatic heterocycles. The summed E-state index contributed by atoms with van der Waals surface area (Å²) >= 11 is 5.88. The van der Waals surface area contributed by atoms with Crippen molar-refractivity contribution < 1.29 is 14.4 Å². The van der Waals surface area contributed by atoms with E-state index in [1.165, 1.54) is 16.8 Å².